The highest BCUT2D eigenvalue weighted by molar-refractivity contribution is 5.99. The molecule has 0 radical (unpaired) electrons. The first-order valence-electron chi connectivity index (χ1n) is 13.0. The largest absolute Gasteiger partial charge is 0.396 e. The van der Waals surface area contributed by atoms with Crippen LogP contribution < -0.4 is 11.1 Å². The van der Waals surface area contributed by atoms with Crippen LogP contribution in [0.3, 0.4) is 0 Å². The number of hydrogen-bond donors (Lipinski definition) is 3. The number of aliphatic hydroxyl groups excluding tert-OH is 1. The molecular formula is C28H34N6O4. The molecule has 10 nitrogen and oxygen atoms in total. The minimum atomic E-state index is -1.43. The monoisotopic (exact) mass is 518 g/mol. The molecule has 2 atom stereocenters. The van der Waals surface area contributed by atoms with Gasteiger partial charge in [0.05, 0.1) is 12.3 Å². The molecule has 1 fully saturated rings. The highest BCUT2D eigenvalue weighted by Gasteiger charge is 2.49. The van der Waals surface area contributed by atoms with E-state index >= 15 is 0 Å². The van der Waals surface area contributed by atoms with Crippen LogP contribution in [0.2, 0.25) is 0 Å². The molecule has 2 amide bonds. The Balaban J connectivity index is 1.43. The summed E-state index contributed by atoms with van der Waals surface area (Å²) in [5.41, 5.74) is 8.19. The smallest absolute Gasteiger partial charge is 0.271 e. The van der Waals surface area contributed by atoms with Crippen LogP contribution in [0.4, 0.5) is 5.95 Å². The van der Waals surface area contributed by atoms with Gasteiger partial charge in [-0.1, -0.05) is 29.8 Å². The van der Waals surface area contributed by atoms with Crippen molar-refractivity contribution in [1.82, 2.24) is 19.4 Å². The Hall–Kier alpha value is -3.76. The Morgan fingerprint density at radius 2 is 2.05 bits per heavy atom. The van der Waals surface area contributed by atoms with Crippen molar-refractivity contribution >= 4 is 17.8 Å². The average Bonchev–Trinajstić information content (AvgIpc) is 3.35. The molecule has 4 N–H and O–H groups in total. The van der Waals surface area contributed by atoms with Crippen LogP contribution in [0, 0.1) is 6.92 Å². The maximum Gasteiger partial charge on any atom is 0.271 e. The SMILES string of the molecule is Cc1cccc([C@H](CO)C(C)(C(N)=O)N2CCn3cc(-c4ccnc(NC5CCOCC5)n4)cc3C2=O)c1. The molecule has 1 saturated heterocycles. The Morgan fingerprint density at radius 1 is 1.26 bits per heavy atom. The molecule has 200 valence electrons. The molecule has 1 aromatic carbocycles. The molecule has 2 aliphatic heterocycles. The Morgan fingerprint density at radius 3 is 2.76 bits per heavy atom. The topological polar surface area (TPSA) is 136 Å². The number of nitrogens with two attached hydrogens (primary N) is 1. The zero-order chi connectivity index (χ0) is 26.9. The standard InChI is InChI=1S/C28H34N6O4/c1-18-4-3-5-19(14-18)22(17-35)28(2,26(29)37)34-11-10-33-16-20(15-24(33)25(34)36)23-6-9-30-27(32-23)31-21-7-12-38-13-8-21/h3-6,9,14-16,21-22,35H,7-8,10-13,17H2,1-2H3,(H2,29,37)(H,30,31,32)/t22-,28?/m0/s1. The maximum atomic E-state index is 13.8. The van der Waals surface area contributed by atoms with E-state index in [2.05, 4.69) is 15.3 Å². The first kappa shape index (κ1) is 25.9. The summed E-state index contributed by atoms with van der Waals surface area (Å²) in [6.45, 7) is 5.45. The number of rotatable bonds is 8. The molecule has 0 bridgehead atoms. The van der Waals surface area contributed by atoms with Gasteiger partial charge in [0.15, 0.2) is 0 Å². The molecule has 38 heavy (non-hydrogen) atoms. The van der Waals surface area contributed by atoms with Crippen LogP contribution in [0.15, 0.2) is 48.8 Å². The van der Waals surface area contributed by atoms with Crippen molar-refractivity contribution in [2.24, 2.45) is 5.73 Å². The molecule has 3 aromatic rings. The zero-order valence-corrected chi connectivity index (χ0v) is 21.8. The average molecular weight is 519 g/mol. The predicted molar refractivity (Wildman–Crippen MR) is 143 cm³/mol. The molecule has 0 saturated carbocycles. The molecule has 5 rings (SSSR count). The number of aliphatic hydroxyl groups is 1. The van der Waals surface area contributed by atoms with Crippen molar-refractivity contribution in [3.8, 4) is 11.3 Å². The van der Waals surface area contributed by atoms with Gasteiger partial charge in [0, 0.05) is 56.2 Å². The van der Waals surface area contributed by atoms with Gasteiger partial charge in [0.2, 0.25) is 11.9 Å². The van der Waals surface area contributed by atoms with Crippen molar-refractivity contribution in [3.05, 3.63) is 65.6 Å². The van der Waals surface area contributed by atoms with Crippen molar-refractivity contribution in [2.45, 2.75) is 50.7 Å². The van der Waals surface area contributed by atoms with E-state index in [0.29, 0.717) is 37.1 Å². The maximum absolute atomic E-state index is 13.8. The van der Waals surface area contributed by atoms with Gasteiger partial charge in [-0.05, 0) is 44.4 Å². The number of fused-ring (bicyclic) bond motifs is 1. The molecule has 2 aliphatic rings. The van der Waals surface area contributed by atoms with Crippen LogP contribution in [0.1, 0.15) is 47.3 Å². The van der Waals surface area contributed by atoms with E-state index in [1.807, 2.05) is 48.0 Å². The third kappa shape index (κ3) is 4.77. The van der Waals surface area contributed by atoms with Gasteiger partial charge in [0.1, 0.15) is 11.2 Å². The molecule has 0 spiro atoms. The minimum absolute atomic E-state index is 0.260. The van der Waals surface area contributed by atoms with E-state index < -0.39 is 17.4 Å². The number of aryl methyl sites for hydroxylation is 1. The number of ether oxygens (including phenoxy) is 1. The zero-order valence-electron chi connectivity index (χ0n) is 21.8. The summed E-state index contributed by atoms with van der Waals surface area (Å²) < 4.78 is 7.30. The molecular weight excluding hydrogens is 484 g/mol. The summed E-state index contributed by atoms with van der Waals surface area (Å²) in [7, 11) is 0. The van der Waals surface area contributed by atoms with Crippen molar-refractivity contribution in [2.75, 3.05) is 31.7 Å². The highest BCUT2D eigenvalue weighted by atomic mass is 16.5. The van der Waals surface area contributed by atoms with Gasteiger partial charge < -0.3 is 30.4 Å². The third-order valence-corrected chi connectivity index (χ3v) is 7.80. The number of nitrogens with one attached hydrogen (secondary N) is 1. The summed E-state index contributed by atoms with van der Waals surface area (Å²) in [4.78, 5) is 37.3. The second-order valence-electron chi connectivity index (χ2n) is 10.2. The lowest BCUT2D eigenvalue weighted by molar-refractivity contribution is -0.130. The van der Waals surface area contributed by atoms with Crippen LogP contribution in [0.5, 0.6) is 0 Å². The fourth-order valence-electron chi connectivity index (χ4n) is 5.51. The quantitative estimate of drug-likeness (QED) is 0.416. The van der Waals surface area contributed by atoms with E-state index in [4.69, 9.17) is 10.5 Å². The summed E-state index contributed by atoms with van der Waals surface area (Å²) in [6.07, 6.45) is 5.40. The van der Waals surface area contributed by atoms with Crippen molar-refractivity contribution < 1.29 is 19.4 Å². The normalized spacial score (nSPS) is 18.5. The van der Waals surface area contributed by atoms with Gasteiger partial charge in [-0.2, -0.15) is 0 Å². The number of nitrogens with zero attached hydrogens (tertiary/aromatic N) is 4. The molecule has 1 unspecified atom stereocenters. The number of hydrogen-bond acceptors (Lipinski definition) is 7. The first-order chi connectivity index (χ1) is 18.3. The van der Waals surface area contributed by atoms with Gasteiger partial charge in [-0.25, -0.2) is 9.97 Å². The van der Waals surface area contributed by atoms with E-state index in [0.717, 1.165) is 29.5 Å². The Bertz CT molecular complexity index is 1330. The lowest BCUT2D eigenvalue weighted by Crippen LogP contribution is -2.63. The fraction of sp³-hybridized carbons (Fsp3) is 0.429. The lowest BCUT2D eigenvalue weighted by Gasteiger charge is -2.45. The van der Waals surface area contributed by atoms with Gasteiger partial charge in [0.25, 0.3) is 5.91 Å². The molecule has 4 heterocycles. The predicted octanol–water partition coefficient (Wildman–Crippen LogP) is 2.32. The number of anilines is 1. The van der Waals surface area contributed by atoms with Crippen LogP contribution >= 0.6 is 0 Å². The van der Waals surface area contributed by atoms with Crippen LogP contribution in [-0.4, -0.2) is 74.3 Å². The minimum Gasteiger partial charge on any atom is -0.396 e. The van der Waals surface area contributed by atoms with Crippen LogP contribution in [0.25, 0.3) is 11.3 Å². The summed E-state index contributed by atoms with van der Waals surface area (Å²) in [6, 6.07) is 11.4. The summed E-state index contributed by atoms with van der Waals surface area (Å²) in [5.74, 6) is -1.11. The van der Waals surface area contributed by atoms with Gasteiger partial charge in [-0.15, -0.1) is 0 Å². The molecule has 10 heteroatoms. The number of aromatic nitrogens is 3. The summed E-state index contributed by atoms with van der Waals surface area (Å²) >= 11 is 0. The van der Waals surface area contributed by atoms with E-state index in [1.54, 1.807) is 19.2 Å². The number of carbonyl (C=O) groups excluding carboxylic acids is 2. The number of carbonyl (C=O) groups is 2. The molecule has 2 aromatic heterocycles. The number of amides is 2. The number of benzene rings is 1. The molecule has 0 aliphatic carbocycles. The van der Waals surface area contributed by atoms with Crippen LogP contribution in [-0.2, 0) is 16.1 Å². The highest BCUT2D eigenvalue weighted by Crippen LogP contribution is 2.37. The Labute approximate surface area is 221 Å². The third-order valence-electron chi connectivity index (χ3n) is 7.80. The second kappa shape index (κ2) is 10.5. The van der Waals surface area contributed by atoms with Crippen molar-refractivity contribution in [3.63, 3.8) is 0 Å². The number of primary amides is 1. The second-order valence-corrected chi connectivity index (χ2v) is 10.2. The van der Waals surface area contributed by atoms with E-state index in [1.165, 1.54) is 4.90 Å². The Kier molecular flexibility index (Phi) is 7.18. The van der Waals surface area contributed by atoms with Crippen molar-refractivity contribution in [1.29, 1.82) is 0 Å². The first-order valence-corrected chi connectivity index (χ1v) is 13.0. The summed E-state index contributed by atoms with van der Waals surface area (Å²) in [5, 5.41) is 13.8. The fourth-order valence-corrected chi connectivity index (χ4v) is 5.51. The van der Waals surface area contributed by atoms with Gasteiger partial charge >= 0.3 is 0 Å². The lowest BCUT2D eigenvalue weighted by atomic mass is 9.78. The van der Waals surface area contributed by atoms with E-state index in [9.17, 15) is 14.7 Å². The van der Waals surface area contributed by atoms with E-state index in [-0.39, 0.29) is 25.1 Å². The van der Waals surface area contributed by atoms with Gasteiger partial charge in [-0.3, -0.25) is 9.59 Å².